The fourth-order valence-electron chi connectivity index (χ4n) is 2.38. The van der Waals surface area contributed by atoms with E-state index in [1.54, 1.807) is 12.1 Å². The highest BCUT2D eigenvalue weighted by atomic mass is 127. The Morgan fingerprint density at radius 1 is 1.27 bits per heavy atom. The van der Waals surface area contributed by atoms with Crippen LogP contribution in [-0.4, -0.2) is 60.9 Å². The zero-order valence-electron chi connectivity index (χ0n) is 12.4. The SMILES string of the molecule is CCNC(=O)CN1CCN(C(=O)c2ccc(Cl)c(I)c2)CC1. The standard InChI is InChI=1S/C15H19ClIN3O2/c1-2-18-14(21)10-19-5-7-20(8-6-19)15(22)11-3-4-12(16)13(17)9-11/h3-4,9H,2,5-8,10H2,1H3,(H,18,21). The lowest BCUT2D eigenvalue weighted by atomic mass is 10.2. The maximum Gasteiger partial charge on any atom is 0.253 e. The van der Waals surface area contributed by atoms with Crippen LogP contribution in [0.5, 0.6) is 0 Å². The summed E-state index contributed by atoms with van der Waals surface area (Å²) in [6, 6.07) is 5.32. The molecular weight excluding hydrogens is 417 g/mol. The van der Waals surface area contributed by atoms with Crippen LogP contribution in [0, 0.1) is 3.57 Å². The topological polar surface area (TPSA) is 52.7 Å². The van der Waals surface area contributed by atoms with Gasteiger partial charge >= 0.3 is 0 Å². The van der Waals surface area contributed by atoms with Gasteiger partial charge in [-0.3, -0.25) is 14.5 Å². The summed E-state index contributed by atoms with van der Waals surface area (Å²) in [7, 11) is 0. The molecule has 0 aliphatic carbocycles. The van der Waals surface area contributed by atoms with E-state index in [1.807, 2.05) is 17.9 Å². The van der Waals surface area contributed by atoms with Crippen molar-refractivity contribution in [3.63, 3.8) is 0 Å². The number of rotatable bonds is 4. The third kappa shape index (κ3) is 4.57. The van der Waals surface area contributed by atoms with Crippen molar-refractivity contribution in [2.24, 2.45) is 0 Å². The third-order valence-electron chi connectivity index (χ3n) is 3.57. The molecular formula is C15H19ClIN3O2. The van der Waals surface area contributed by atoms with Crippen molar-refractivity contribution in [2.75, 3.05) is 39.3 Å². The molecule has 1 aliphatic rings. The summed E-state index contributed by atoms with van der Waals surface area (Å²) in [5.41, 5.74) is 0.658. The van der Waals surface area contributed by atoms with Crippen LogP contribution in [0.3, 0.4) is 0 Å². The van der Waals surface area contributed by atoms with Crippen LogP contribution in [0.25, 0.3) is 0 Å². The molecule has 0 bridgehead atoms. The smallest absolute Gasteiger partial charge is 0.253 e. The Morgan fingerprint density at radius 3 is 2.55 bits per heavy atom. The van der Waals surface area contributed by atoms with Gasteiger partial charge in [-0.05, 0) is 47.7 Å². The zero-order valence-corrected chi connectivity index (χ0v) is 15.4. The fraction of sp³-hybridized carbons (Fsp3) is 0.467. The molecule has 2 amide bonds. The van der Waals surface area contributed by atoms with E-state index in [-0.39, 0.29) is 11.8 Å². The highest BCUT2D eigenvalue weighted by Gasteiger charge is 2.23. The minimum absolute atomic E-state index is 0.0206. The van der Waals surface area contributed by atoms with Crippen molar-refractivity contribution >= 4 is 46.0 Å². The third-order valence-corrected chi connectivity index (χ3v) is 5.11. The molecule has 0 atom stereocenters. The Bertz CT molecular complexity index is 560. The van der Waals surface area contributed by atoms with Crippen molar-refractivity contribution in [1.82, 2.24) is 15.1 Å². The van der Waals surface area contributed by atoms with Crippen LogP contribution in [0.4, 0.5) is 0 Å². The second kappa shape index (κ2) is 8.12. The van der Waals surface area contributed by atoms with Crippen molar-refractivity contribution in [3.8, 4) is 0 Å². The normalized spacial score (nSPS) is 15.7. The predicted octanol–water partition coefficient (Wildman–Crippen LogP) is 1.84. The Labute approximate surface area is 149 Å². The number of benzene rings is 1. The van der Waals surface area contributed by atoms with Crippen LogP contribution in [0.15, 0.2) is 18.2 Å². The zero-order chi connectivity index (χ0) is 16.1. The van der Waals surface area contributed by atoms with Gasteiger partial charge in [0.2, 0.25) is 5.91 Å². The van der Waals surface area contributed by atoms with Crippen LogP contribution in [0.2, 0.25) is 5.02 Å². The van der Waals surface area contributed by atoms with Gasteiger partial charge in [-0.15, -0.1) is 0 Å². The van der Waals surface area contributed by atoms with E-state index >= 15 is 0 Å². The number of hydrogen-bond donors (Lipinski definition) is 1. The van der Waals surface area contributed by atoms with E-state index in [2.05, 4.69) is 32.8 Å². The molecule has 1 aromatic carbocycles. The lowest BCUT2D eigenvalue weighted by molar-refractivity contribution is -0.122. The summed E-state index contributed by atoms with van der Waals surface area (Å²) >= 11 is 8.11. The van der Waals surface area contributed by atoms with E-state index in [1.165, 1.54) is 0 Å². The van der Waals surface area contributed by atoms with Crippen molar-refractivity contribution < 1.29 is 9.59 Å². The quantitative estimate of drug-likeness (QED) is 0.735. The summed E-state index contributed by atoms with van der Waals surface area (Å²) in [5.74, 6) is 0.0572. The van der Waals surface area contributed by atoms with E-state index in [4.69, 9.17) is 11.6 Å². The fourth-order valence-corrected chi connectivity index (χ4v) is 3.01. The average molecular weight is 436 g/mol. The molecule has 0 radical (unpaired) electrons. The second-order valence-electron chi connectivity index (χ2n) is 5.15. The predicted molar refractivity (Wildman–Crippen MR) is 95.2 cm³/mol. The summed E-state index contributed by atoms with van der Waals surface area (Å²) in [5, 5.41) is 3.45. The molecule has 5 nitrogen and oxygen atoms in total. The van der Waals surface area contributed by atoms with Gasteiger partial charge < -0.3 is 10.2 Å². The molecule has 120 valence electrons. The van der Waals surface area contributed by atoms with E-state index in [0.717, 1.165) is 3.57 Å². The Kier molecular flexibility index (Phi) is 6.46. The Morgan fingerprint density at radius 2 is 1.95 bits per heavy atom. The molecule has 1 N–H and O–H groups in total. The molecule has 0 saturated carbocycles. The molecule has 1 heterocycles. The van der Waals surface area contributed by atoms with E-state index in [9.17, 15) is 9.59 Å². The number of nitrogens with zero attached hydrogens (tertiary/aromatic N) is 2. The highest BCUT2D eigenvalue weighted by Crippen LogP contribution is 2.20. The van der Waals surface area contributed by atoms with Gasteiger partial charge in [-0.1, -0.05) is 11.6 Å². The van der Waals surface area contributed by atoms with Gasteiger partial charge in [0.05, 0.1) is 11.6 Å². The highest BCUT2D eigenvalue weighted by molar-refractivity contribution is 14.1. The second-order valence-corrected chi connectivity index (χ2v) is 6.72. The Balaban J connectivity index is 1.89. The first-order valence-corrected chi connectivity index (χ1v) is 8.70. The van der Waals surface area contributed by atoms with Gasteiger partial charge in [-0.25, -0.2) is 0 Å². The Hall–Kier alpha value is -0.860. The summed E-state index contributed by atoms with van der Waals surface area (Å²) in [6.45, 7) is 5.65. The lowest BCUT2D eigenvalue weighted by Gasteiger charge is -2.34. The molecule has 22 heavy (non-hydrogen) atoms. The van der Waals surface area contributed by atoms with Gasteiger partial charge in [0.15, 0.2) is 0 Å². The number of amides is 2. The first-order chi connectivity index (χ1) is 10.5. The molecule has 1 aromatic rings. The minimum Gasteiger partial charge on any atom is -0.355 e. The molecule has 0 spiro atoms. The molecule has 1 saturated heterocycles. The number of carbonyl (C=O) groups is 2. The average Bonchev–Trinajstić information content (AvgIpc) is 2.50. The van der Waals surface area contributed by atoms with Crippen molar-refractivity contribution in [3.05, 3.63) is 32.4 Å². The molecule has 0 unspecified atom stereocenters. The van der Waals surface area contributed by atoms with Crippen LogP contribution in [0.1, 0.15) is 17.3 Å². The largest absolute Gasteiger partial charge is 0.355 e. The molecule has 2 rings (SSSR count). The number of carbonyl (C=O) groups excluding carboxylic acids is 2. The van der Waals surface area contributed by atoms with Gasteiger partial charge in [0.25, 0.3) is 5.91 Å². The molecule has 7 heteroatoms. The lowest BCUT2D eigenvalue weighted by Crippen LogP contribution is -2.51. The molecule has 1 fully saturated rings. The van der Waals surface area contributed by atoms with Crippen LogP contribution < -0.4 is 5.32 Å². The number of likely N-dealkylation sites (N-methyl/N-ethyl adjacent to an activating group) is 1. The summed E-state index contributed by atoms with van der Waals surface area (Å²) in [4.78, 5) is 27.9. The first-order valence-electron chi connectivity index (χ1n) is 7.24. The monoisotopic (exact) mass is 435 g/mol. The van der Waals surface area contributed by atoms with Gasteiger partial charge in [0, 0.05) is 41.9 Å². The minimum atomic E-state index is 0.0206. The maximum absolute atomic E-state index is 12.5. The summed E-state index contributed by atoms with van der Waals surface area (Å²) in [6.07, 6.45) is 0. The number of nitrogens with one attached hydrogen (secondary N) is 1. The van der Waals surface area contributed by atoms with Gasteiger partial charge in [0.1, 0.15) is 0 Å². The summed E-state index contributed by atoms with van der Waals surface area (Å²) < 4.78 is 0.875. The first kappa shape index (κ1) is 17.5. The maximum atomic E-state index is 12.5. The van der Waals surface area contributed by atoms with Crippen LogP contribution >= 0.6 is 34.2 Å². The van der Waals surface area contributed by atoms with Crippen molar-refractivity contribution in [2.45, 2.75) is 6.92 Å². The van der Waals surface area contributed by atoms with E-state index < -0.39 is 0 Å². The van der Waals surface area contributed by atoms with Crippen molar-refractivity contribution in [1.29, 1.82) is 0 Å². The number of hydrogen-bond acceptors (Lipinski definition) is 3. The number of halogens is 2. The van der Waals surface area contributed by atoms with E-state index in [0.29, 0.717) is 49.9 Å². The molecule has 0 aromatic heterocycles. The number of piperazine rings is 1. The van der Waals surface area contributed by atoms with Crippen LogP contribution in [-0.2, 0) is 4.79 Å². The van der Waals surface area contributed by atoms with Gasteiger partial charge in [-0.2, -0.15) is 0 Å². The molecule has 1 aliphatic heterocycles.